The van der Waals surface area contributed by atoms with E-state index in [4.69, 9.17) is 0 Å². The Labute approximate surface area is 133 Å². The van der Waals surface area contributed by atoms with E-state index in [1.54, 1.807) is 12.1 Å². The van der Waals surface area contributed by atoms with Crippen LogP contribution < -0.4 is 4.72 Å². The summed E-state index contributed by atoms with van der Waals surface area (Å²) in [7, 11) is -3.60. The molecule has 0 spiro atoms. The van der Waals surface area contributed by atoms with Crippen LogP contribution in [0.25, 0.3) is 0 Å². The van der Waals surface area contributed by atoms with Crippen molar-refractivity contribution in [1.29, 1.82) is 0 Å². The van der Waals surface area contributed by atoms with Crippen molar-refractivity contribution in [2.24, 2.45) is 0 Å². The van der Waals surface area contributed by atoms with E-state index in [0.717, 1.165) is 10.0 Å². The van der Waals surface area contributed by atoms with E-state index in [2.05, 4.69) is 20.7 Å². The molecule has 0 saturated heterocycles. The molecule has 0 fully saturated rings. The molecule has 0 aliphatic carbocycles. The minimum absolute atomic E-state index is 0.0205. The Hall–Kier alpha value is -1.21. The summed E-state index contributed by atoms with van der Waals surface area (Å²) in [6.45, 7) is -0.0205. The minimum Gasteiger partial charge on any atom is -0.391 e. The molecule has 0 aromatic heterocycles. The fourth-order valence-electron chi connectivity index (χ4n) is 1.86. The van der Waals surface area contributed by atoms with Crippen LogP contribution in [-0.4, -0.2) is 26.2 Å². The normalized spacial score (nSPS) is 13.0. The van der Waals surface area contributed by atoms with Crippen LogP contribution in [0.1, 0.15) is 5.56 Å². The minimum atomic E-state index is -3.60. The number of aliphatic hydroxyl groups is 1. The van der Waals surface area contributed by atoms with E-state index in [0.29, 0.717) is 6.42 Å². The lowest BCUT2D eigenvalue weighted by atomic mass is 10.1. The first kappa shape index (κ1) is 16.2. The summed E-state index contributed by atoms with van der Waals surface area (Å²) in [5.41, 5.74) is 0.966. The Morgan fingerprint density at radius 2 is 1.67 bits per heavy atom. The predicted molar refractivity (Wildman–Crippen MR) is 85.5 cm³/mol. The third kappa shape index (κ3) is 4.93. The smallest absolute Gasteiger partial charge is 0.240 e. The summed E-state index contributed by atoms with van der Waals surface area (Å²) in [6, 6.07) is 15.8. The van der Waals surface area contributed by atoms with Crippen molar-refractivity contribution >= 4 is 26.0 Å². The first-order valence-corrected chi connectivity index (χ1v) is 8.72. The van der Waals surface area contributed by atoms with Gasteiger partial charge in [-0.25, -0.2) is 13.1 Å². The largest absolute Gasteiger partial charge is 0.391 e. The van der Waals surface area contributed by atoms with E-state index in [1.165, 1.54) is 12.1 Å². The van der Waals surface area contributed by atoms with E-state index in [1.807, 2.05) is 30.3 Å². The molecular formula is C15H16BrNO3S. The molecule has 0 unspecified atom stereocenters. The summed E-state index contributed by atoms with van der Waals surface area (Å²) in [6.07, 6.45) is -0.360. The Balaban J connectivity index is 1.94. The maximum absolute atomic E-state index is 12.1. The maximum atomic E-state index is 12.1. The van der Waals surface area contributed by atoms with E-state index >= 15 is 0 Å². The van der Waals surface area contributed by atoms with Crippen molar-refractivity contribution in [2.45, 2.75) is 17.4 Å². The zero-order valence-electron chi connectivity index (χ0n) is 11.2. The standard InChI is InChI=1S/C15H16BrNO3S/c16-13-6-8-15(9-7-13)21(19,20)17-11-14(18)10-12-4-2-1-3-5-12/h1-9,14,17-18H,10-11H2/t14-/m1/s1. The average Bonchev–Trinajstić information content (AvgIpc) is 2.47. The first-order valence-electron chi connectivity index (χ1n) is 6.44. The number of benzene rings is 2. The van der Waals surface area contributed by atoms with E-state index < -0.39 is 16.1 Å². The summed E-state index contributed by atoms with van der Waals surface area (Å²) in [5, 5.41) is 9.92. The van der Waals surface area contributed by atoms with Crippen molar-refractivity contribution in [3.8, 4) is 0 Å². The SMILES string of the molecule is O=S(=O)(NC[C@H](O)Cc1ccccc1)c1ccc(Br)cc1. The van der Waals surface area contributed by atoms with Crippen LogP contribution >= 0.6 is 15.9 Å². The van der Waals surface area contributed by atoms with Crippen molar-refractivity contribution in [2.75, 3.05) is 6.54 Å². The van der Waals surface area contributed by atoms with Gasteiger partial charge in [-0.1, -0.05) is 46.3 Å². The highest BCUT2D eigenvalue weighted by Gasteiger charge is 2.15. The van der Waals surface area contributed by atoms with Gasteiger partial charge in [0, 0.05) is 11.0 Å². The van der Waals surface area contributed by atoms with Gasteiger partial charge < -0.3 is 5.11 Å². The zero-order valence-corrected chi connectivity index (χ0v) is 13.6. The second kappa shape index (κ2) is 7.17. The van der Waals surface area contributed by atoms with Gasteiger partial charge in [-0.05, 0) is 36.2 Å². The van der Waals surface area contributed by atoms with Crippen LogP contribution in [0.15, 0.2) is 64.0 Å². The lowest BCUT2D eigenvalue weighted by Crippen LogP contribution is -2.33. The predicted octanol–water partition coefficient (Wildman–Crippen LogP) is 2.33. The Morgan fingerprint density at radius 3 is 2.29 bits per heavy atom. The average molecular weight is 370 g/mol. The molecule has 0 heterocycles. The number of sulfonamides is 1. The Bertz CT molecular complexity index is 672. The van der Waals surface area contributed by atoms with Crippen LogP contribution in [0.2, 0.25) is 0 Å². The molecule has 2 aromatic rings. The molecule has 2 N–H and O–H groups in total. The maximum Gasteiger partial charge on any atom is 0.240 e. The van der Waals surface area contributed by atoms with Gasteiger partial charge in [0.2, 0.25) is 10.0 Å². The van der Waals surface area contributed by atoms with Crippen LogP contribution in [0.4, 0.5) is 0 Å². The second-order valence-corrected chi connectivity index (χ2v) is 7.33. The van der Waals surface area contributed by atoms with Crippen LogP contribution in [-0.2, 0) is 16.4 Å². The van der Waals surface area contributed by atoms with Gasteiger partial charge in [0.1, 0.15) is 0 Å². The quantitative estimate of drug-likeness (QED) is 0.820. The molecule has 112 valence electrons. The Kier molecular flexibility index (Phi) is 5.52. The number of hydrogen-bond acceptors (Lipinski definition) is 3. The molecule has 0 bridgehead atoms. The molecule has 0 radical (unpaired) electrons. The summed E-state index contributed by atoms with van der Waals surface area (Å²) < 4.78 is 27.4. The molecule has 0 aliphatic rings. The highest BCUT2D eigenvalue weighted by atomic mass is 79.9. The van der Waals surface area contributed by atoms with Crippen molar-refractivity contribution < 1.29 is 13.5 Å². The fraction of sp³-hybridized carbons (Fsp3) is 0.200. The molecule has 2 aromatic carbocycles. The zero-order chi connectivity index (χ0) is 15.3. The van der Waals surface area contributed by atoms with Gasteiger partial charge >= 0.3 is 0 Å². The van der Waals surface area contributed by atoms with Crippen molar-refractivity contribution in [3.63, 3.8) is 0 Å². The third-order valence-corrected chi connectivity index (χ3v) is 4.92. The van der Waals surface area contributed by atoms with Gasteiger partial charge in [-0.15, -0.1) is 0 Å². The lowest BCUT2D eigenvalue weighted by Gasteiger charge is -2.12. The molecule has 4 nitrogen and oxygen atoms in total. The van der Waals surface area contributed by atoms with Gasteiger partial charge in [-0.3, -0.25) is 0 Å². The lowest BCUT2D eigenvalue weighted by molar-refractivity contribution is 0.179. The summed E-state index contributed by atoms with van der Waals surface area (Å²) >= 11 is 3.26. The number of rotatable bonds is 6. The summed E-state index contributed by atoms with van der Waals surface area (Å²) in [5.74, 6) is 0. The molecule has 0 aliphatic heterocycles. The van der Waals surface area contributed by atoms with Gasteiger partial charge in [0.05, 0.1) is 11.0 Å². The number of nitrogens with one attached hydrogen (secondary N) is 1. The highest BCUT2D eigenvalue weighted by molar-refractivity contribution is 9.10. The highest BCUT2D eigenvalue weighted by Crippen LogP contribution is 2.14. The molecule has 2 rings (SSSR count). The van der Waals surface area contributed by atoms with Crippen LogP contribution in [0.3, 0.4) is 0 Å². The van der Waals surface area contributed by atoms with Gasteiger partial charge in [0.15, 0.2) is 0 Å². The fourth-order valence-corrected chi connectivity index (χ4v) is 3.20. The van der Waals surface area contributed by atoms with Crippen LogP contribution in [0, 0.1) is 0 Å². The molecule has 21 heavy (non-hydrogen) atoms. The number of hydrogen-bond donors (Lipinski definition) is 2. The number of aliphatic hydroxyl groups excluding tert-OH is 1. The van der Waals surface area contributed by atoms with Gasteiger partial charge in [0.25, 0.3) is 0 Å². The first-order chi connectivity index (χ1) is 9.97. The van der Waals surface area contributed by atoms with Crippen molar-refractivity contribution in [1.82, 2.24) is 4.72 Å². The summed E-state index contributed by atoms with van der Waals surface area (Å²) in [4.78, 5) is 0.178. The monoisotopic (exact) mass is 369 g/mol. The topological polar surface area (TPSA) is 66.4 Å². The van der Waals surface area contributed by atoms with Crippen molar-refractivity contribution in [3.05, 3.63) is 64.6 Å². The second-order valence-electron chi connectivity index (χ2n) is 4.65. The molecule has 6 heteroatoms. The Morgan fingerprint density at radius 1 is 1.05 bits per heavy atom. The molecule has 0 saturated carbocycles. The van der Waals surface area contributed by atoms with E-state index in [-0.39, 0.29) is 11.4 Å². The molecular weight excluding hydrogens is 354 g/mol. The third-order valence-electron chi connectivity index (χ3n) is 2.95. The number of halogens is 1. The van der Waals surface area contributed by atoms with Crippen LogP contribution in [0.5, 0.6) is 0 Å². The molecule has 1 atom stereocenters. The van der Waals surface area contributed by atoms with E-state index in [9.17, 15) is 13.5 Å². The molecule has 0 amide bonds. The van der Waals surface area contributed by atoms with Gasteiger partial charge in [-0.2, -0.15) is 0 Å².